The van der Waals surface area contributed by atoms with Gasteiger partial charge in [-0.3, -0.25) is 4.79 Å². The number of hydrogen-bond donors (Lipinski definition) is 1. The Balaban J connectivity index is 2.11. The van der Waals surface area contributed by atoms with Gasteiger partial charge in [0.1, 0.15) is 4.21 Å². The Morgan fingerprint density at radius 2 is 2.28 bits per heavy atom. The van der Waals surface area contributed by atoms with E-state index in [0.29, 0.717) is 17.3 Å². The number of sulfonamides is 1. The lowest BCUT2D eigenvalue weighted by atomic mass is 10.1. The van der Waals surface area contributed by atoms with Gasteiger partial charge in [-0.05, 0) is 24.5 Å². The maximum absolute atomic E-state index is 12.2. The zero-order chi connectivity index (χ0) is 13.3. The smallest absolute Gasteiger partial charge is 0.303 e. The van der Waals surface area contributed by atoms with E-state index in [-0.39, 0.29) is 23.1 Å². The van der Waals surface area contributed by atoms with Gasteiger partial charge in [0.15, 0.2) is 0 Å². The fourth-order valence-corrected chi connectivity index (χ4v) is 5.16. The van der Waals surface area contributed by atoms with Crippen LogP contribution >= 0.6 is 22.9 Å². The van der Waals surface area contributed by atoms with Crippen molar-refractivity contribution in [2.45, 2.75) is 17.1 Å². The molecule has 5 nitrogen and oxygen atoms in total. The van der Waals surface area contributed by atoms with E-state index < -0.39 is 16.0 Å². The minimum absolute atomic E-state index is 0.0111. The quantitative estimate of drug-likeness (QED) is 0.921. The molecule has 100 valence electrons. The molecule has 18 heavy (non-hydrogen) atoms. The minimum Gasteiger partial charge on any atom is -0.481 e. The fourth-order valence-electron chi connectivity index (χ4n) is 1.99. The van der Waals surface area contributed by atoms with E-state index in [9.17, 15) is 13.2 Å². The van der Waals surface area contributed by atoms with E-state index in [1.165, 1.54) is 10.4 Å². The predicted octanol–water partition coefficient (Wildman–Crippen LogP) is 1.89. The number of carboxylic acid groups (broad SMARTS) is 1. The topological polar surface area (TPSA) is 74.7 Å². The molecule has 0 amide bonds. The number of halogens is 1. The maximum Gasteiger partial charge on any atom is 0.303 e. The molecule has 0 aromatic carbocycles. The summed E-state index contributed by atoms with van der Waals surface area (Å²) in [5.41, 5.74) is 0. The van der Waals surface area contributed by atoms with Gasteiger partial charge in [-0.15, -0.1) is 11.3 Å². The second-order valence-corrected chi connectivity index (χ2v) is 8.05. The van der Waals surface area contributed by atoms with Gasteiger partial charge < -0.3 is 5.11 Å². The first-order valence-electron chi connectivity index (χ1n) is 5.37. The van der Waals surface area contributed by atoms with Gasteiger partial charge in [-0.25, -0.2) is 8.42 Å². The number of rotatable bonds is 4. The number of hydrogen-bond acceptors (Lipinski definition) is 4. The Labute approximate surface area is 114 Å². The van der Waals surface area contributed by atoms with Crippen LogP contribution in [-0.4, -0.2) is 36.9 Å². The van der Waals surface area contributed by atoms with Crippen molar-refractivity contribution >= 4 is 38.9 Å². The number of carboxylic acids is 1. The normalized spacial score (nSPS) is 21.3. The van der Waals surface area contributed by atoms with Crippen LogP contribution in [-0.2, 0) is 14.8 Å². The van der Waals surface area contributed by atoms with Gasteiger partial charge >= 0.3 is 5.97 Å². The molecule has 1 saturated heterocycles. The van der Waals surface area contributed by atoms with Crippen molar-refractivity contribution in [3.63, 3.8) is 0 Å². The molecule has 1 N–H and O–H groups in total. The van der Waals surface area contributed by atoms with Crippen molar-refractivity contribution in [3.8, 4) is 0 Å². The lowest BCUT2D eigenvalue weighted by Gasteiger charge is -2.14. The van der Waals surface area contributed by atoms with Crippen LogP contribution in [0.1, 0.15) is 12.8 Å². The van der Waals surface area contributed by atoms with E-state index in [0.717, 1.165) is 11.3 Å². The third-order valence-corrected chi connectivity index (χ3v) is 6.42. The Morgan fingerprint density at radius 1 is 1.56 bits per heavy atom. The van der Waals surface area contributed by atoms with E-state index in [1.807, 2.05) is 0 Å². The number of carbonyl (C=O) groups is 1. The molecule has 8 heteroatoms. The standard InChI is InChI=1S/C10H12ClNO4S2/c11-8-1-2-10(17-8)18(15,16)12-4-3-7(6-12)5-9(13)14/h1-2,7H,3-6H2,(H,13,14). The molecular formula is C10H12ClNO4S2. The lowest BCUT2D eigenvalue weighted by Crippen LogP contribution is -2.28. The minimum atomic E-state index is -3.51. The average Bonchev–Trinajstić information content (AvgIpc) is 2.86. The summed E-state index contributed by atoms with van der Waals surface area (Å²) in [6.07, 6.45) is 0.599. The second-order valence-electron chi connectivity index (χ2n) is 4.17. The molecule has 1 aromatic rings. The average molecular weight is 310 g/mol. The summed E-state index contributed by atoms with van der Waals surface area (Å²) in [4.78, 5) is 10.6. The SMILES string of the molecule is O=C(O)CC1CCN(S(=O)(=O)c2ccc(Cl)s2)C1. The Morgan fingerprint density at radius 3 is 2.83 bits per heavy atom. The maximum atomic E-state index is 12.2. The molecule has 0 spiro atoms. The summed E-state index contributed by atoms with van der Waals surface area (Å²) in [5, 5.41) is 8.70. The van der Waals surface area contributed by atoms with Gasteiger partial charge in [0.05, 0.1) is 4.34 Å². The molecular weight excluding hydrogens is 298 g/mol. The highest BCUT2D eigenvalue weighted by Crippen LogP contribution is 2.31. The first-order valence-corrected chi connectivity index (χ1v) is 8.00. The molecule has 0 radical (unpaired) electrons. The highest BCUT2D eigenvalue weighted by Gasteiger charge is 2.34. The van der Waals surface area contributed by atoms with Crippen molar-refractivity contribution in [3.05, 3.63) is 16.5 Å². The molecule has 1 unspecified atom stereocenters. The summed E-state index contributed by atoms with van der Waals surface area (Å²) in [5.74, 6) is -0.994. The number of aliphatic carboxylic acids is 1. The highest BCUT2D eigenvalue weighted by molar-refractivity contribution is 7.91. The zero-order valence-corrected chi connectivity index (χ0v) is 11.8. The first-order chi connectivity index (χ1) is 8.39. The third kappa shape index (κ3) is 2.85. The van der Waals surface area contributed by atoms with E-state index in [1.54, 1.807) is 6.07 Å². The largest absolute Gasteiger partial charge is 0.481 e. The van der Waals surface area contributed by atoms with Crippen molar-refractivity contribution in [2.24, 2.45) is 5.92 Å². The zero-order valence-electron chi connectivity index (χ0n) is 9.37. The van der Waals surface area contributed by atoms with Crippen LogP contribution < -0.4 is 0 Å². The molecule has 2 rings (SSSR count). The van der Waals surface area contributed by atoms with Crippen molar-refractivity contribution in [1.29, 1.82) is 0 Å². The second kappa shape index (κ2) is 5.16. The van der Waals surface area contributed by atoms with Gasteiger partial charge in [0.25, 0.3) is 10.0 Å². The van der Waals surface area contributed by atoms with Crippen LogP contribution in [0.4, 0.5) is 0 Å². The molecule has 0 saturated carbocycles. The lowest BCUT2D eigenvalue weighted by molar-refractivity contribution is -0.137. The van der Waals surface area contributed by atoms with Gasteiger partial charge in [-0.2, -0.15) is 4.31 Å². The fraction of sp³-hybridized carbons (Fsp3) is 0.500. The molecule has 1 aliphatic heterocycles. The highest BCUT2D eigenvalue weighted by atomic mass is 35.5. The van der Waals surface area contributed by atoms with Crippen LogP contribution in [0.3, 0.4) is 0 Å². The summed E-state index contributed by atoms with van der Waals surface area (Å²) in [6, 6.07) is 3.02. The molecule has 0 bridgehead atoms. The van der Waals surface area contributed by atoms with Gasteiger partial charge in [-0.1, -0.05) is 11.6 Å². The number of nitrogens with zero attached hydrogens (tertiary/aromatic N) is 1. The molecule has 2 heterocycles. The van der Waals surface area contributed by atoms with Gasteiger partial charge in [0, 0.05) is 19.5 Å². The third-order valence-electron chi connectivity index (χ3n) is 2.85. The van der Waals surface area contributed by atoms with Crippen LogP contribution in [0, 0.1) is 5.92 Å². The van der Waals surface area contributed by atoms with Crippen molar-refractivity contribution in [1.82, 2.24) is 4.31 Å². The van der Waals surface area contributed by atoms with Crippen molar-refractivity contribution in [2.75, 3.05) is 13.1 Å². The van der Waals surface area contributed by atoms with E-state index in [4.69, 9.17) is 16.7 Å². The van der Waals surface area contributed by atoms with Crippen LogP contribution in [0.2, 0.25) is 4.34 Å². The monoisotopic (exact) mass is 309 g/mol. The van der Waals surface area contributed by atoms with E-state index in [2.05, 4.69) is 0 Å². The molecule has 1 fully saturated rings. The molecule has 1 atom stereocenters. The van der Waals surface area contributed by atoms with Gasteiger partial charge in [0.2, 0.25) is 0 Å². The van der Waals surface area contributed by atoms with Crippen LogP contribution in [0.15, 0.2) is 16.3 Å². The first kappa shape index (κ1) is 13.8. The van der Waals surface area contributed by atoms with Crippen molar-refractivity contribution < 1.29 is 18.3 Å². The van der Waals surface area contributed by atoms with Crippen LogP contribution in [0.5, 0.6) is 0 Å². The Bertz CT molecular complexity index is 554. The summed E-state index contributed by atoms with van der Waals surface area (Å²) in [7, 11) is -3.51. The van der Waals surface area contributed by atoms with Crippen LogP contribution in [0.25, 0.3) is 0 Å². The molecule has 1 aliphatic rings. The predicted molar refractivity (Wildman–Crippen MR) is 68.4 cm³/mol. The summed E-state index contributed by atoms with van der Waals surface area (Å²) < 4.78 is 26.4. The Hall–Kier alpha value is -0.630. The summed E-state index contributed by atoms with van der Waals surface area (Å²) in [6.45, 7) is 0.639. The summed E-state index contributed by atoms with van der Waals surface area (Å²) >= 11 is 6.74. The number of thiophene rings is 1. The van der Waals surface area contributed by atoms with E-state index >= 15 is 0 Å². The molecule has 0 aliphatic carbocycles. The Kier molecular flexibility index (Phi) is 3.96. The molecule has 1 aromatic heterocycles.